The van der Waals surface area contributed by atoms with Crippen LogP contribution in [0.1, 0.15) is 10.4 Å². The molecule has 0 spiro atoms. The number of Topliss-reactive ketones (excluding diaryl/α,β-unsaturated/α-hetero) is 1. The van der Waals surface area contributed by atoms with E-state index in [1.807, 2.05) is 0 Å². The van der Waals surface area contributed by atoms with E-state index >= 15 is 0 Å². The van der Waals surface area contributed by atoms with Crippen molar-refractivity contribution in [2.75, 3.05) is 13.7 Å². The molecule has 0 aromatic heterocycles. The van der Waals surface area contributed by atoms with Gasteiger partial charge in [-0.3, -0.25) is 4.79 Å². The monoisotopic (exact) mass is 338 g/mol. The Morgan fingerprint density at radius 3 is 2.70 bits per heavy atom. The summed E-state index contributed by atoms with van der Waals surface area (Å²) in [5.41, 5.74) is 0.287. The molecule has 0 heterocycles. The third-order valence-corrected chi connectivity index (χ3v) is 3.26. The highest BCUT2D eigenvalue weighted by Crippen LogP contribution is 2.29. The Labute approximate surface area is 124 Å². The Morgan fingerprint density at radius 2 is 2.05 bits per heavy atom. The van der Waals surface area contributed by atoms with Crippen molar-refractivity contribution in [2.24, 2.45) is 0 Å². The van der Waals surface area contributed by atoms with Crippen molar-refractivity contribution in [1.29, 1.82) is 0 Å². The zero-order chi connectivity index (χ0) is 14.5. The van der Waals surface area contributed by atoms with Crippen LogP contribution in [0.5, 0.6) is 11.5 Å². The van der Waals surface area contributed by atoms with Gasteiger partial charge in [0.25, 0.3) is 0 Å². The largest absolute Gasteiger partial charge is 0.497 e. The molecule has 2 aromatic carbocycles. The Bertz CT molecular complexity index is 628. The zero-order valence-electron chi connectivity index (χ0n) is 10.7. The number of hydrogen-bond acceptors (Lipinski definition) is 3. The highest BCUT2D eigenvalue weighted by molar-refractivity contribution is 9.10. The first-order valence-electron chi connectivity index (χ1n) is 5.85. The molecule has 0 bridgehead atoms. The maximum absolute atomic E-state index is 13.0. The highest BCUT2D eigenvalue weighted by atomic mass is 79.9. The number of rotatable bonds is 5. The van der Waals surface area contributed by atoms with Gasteiger partial charge in [0.1, 0.15) is 17.3 Å². The Balaban J connectivity index is 2.03. The summed E-state index contributed by atoms with van der Waals surface area (Å²) < 4.78 is 24.2. The molecule has 104 valence electrons. The van der Waals surface area contributed by atoms with Crippen LogP contribution in [-0.2, 0) is 0 Å². The molecule has 3 nitrogen and oxygen atoms in total. The molecule has 0 N–H and O–H groups in total. The number of carbonyl (C=O) groups is 1. The normalized spacial score (nSPS) is 10.2. The second kappa shape index (κ2) is 6.52. The van der Waals surface area contributed by atoms with E-state index in [9.17, 15) is 9.18 Å². The van der Waals surface area contributed by atoms with Crippen molar-refractivity contribution in [3.8, 4) is 11.5 Å². The maximum atomic E-state index is 13.0. The minimum Gasteiger partial charge on any atom is -0.497 e. The molecule has 0 saturated heterocycles. The molecule has 0 amide bonds. The van der Waals surface area contributed by atoms with Crippen molar-refractivity contribution in [3.05, 3.63) is 58.3 Å². The number of carbonyl (C=O) groups excluding carboxylic acids is 1. The summed E-state index contributed by atoms with van der Waals surface area (Å²) >= 11 is 3.33. The fourth-order valence-corrected chi connectivity index (χ4v) is 2.09. The molecule has 0 aliphatic rings. The lowest BCUT2D eigenvalue weighted by Crippen LogP contribution is -2.12. The summed E-state index contributed by atoms with van der Waals surface area (Å²) in [6.07, 6.45) is 0. The molecule has 2 rings (SSSR count). The van der Waals surface area contributed by atoms with Crippen LogP contribution in [0.15, 0.2) is 46.9 Å². The summed E-state index contributed by atoms with van der Waals surface area (Å²) in [7, 11) is 1.57. The first kappa shape index (κ1) is 14.5. The van der Waals surface area contributed by atoms with Gasteiger partial charge in [-0.25, -0.2) is 4.39 Å². The summed E-state index contributed by atoms with van der Waals surface area (Å²) in [5, 5.41) is 0. The third kappa shape index (κ3) is 3.57. The molecule has 2 aromatic rings. The van der Waals surface area contributed by atoms with Crippen LogP contribution in [0, 0.1) is 5.82 Å². The average Bonchev–Trinajstić information content (AvgIpc) is 2.45. The Hall–Kier alpha value is -1.88. The lowest BCUT2D eigenvalue weighted by molar-refractivity contribution is 0.0920. The van der Waals surface area contributed by atoms with Gasteiger partial charge in [-0.05, 0) is 46.3 Å². The zero-order valence-corrected chi connectivity index (χ0v) is 12.3. The predicted molar refractivity (Wildman–Crippen MR) is 76.9 cm³/mol. The van der Waals surface area contributed by atoms with Crippen LogP contribution in [0.4, 0.5) is 4.39 Å². The number of benzene rings is 2. The van der Waals surface area contributed by atoms with Gasteiger partial charge in [0.05, 0.1) is 11.6 Å². The quantitative estimate of drug-likeness (QED) is 0.776. The number of ketones is 1. The molecule has 0 unspecified atom stereocenters. The van der Waals surface area contributed by atoms with Crippen LogP contribution >= 0.6 is 15.9 Å². The van der Waals surface area contributed by atoms with E-state index in [1.165, 1.54) is 18.2 Å². The molecule has 20 heavy (non-hydrogen) atoms. The topological polar surface area (TPSA) is 35.5 Å². The van der Waals surface area contributed by atoms with E-state index < -0.39 is 5.82 Å². The van der Waals surface area contributed by atoms with Gasteiger partial charge in [0.15, 0.2) is 12.4 Å². The lowest BCUT2D eigenvalue weighted by Gasteiger charge is -2.09. The SMILES string of the molecule is COc1ccc(OCC(=O)c2cccc(F)c2)c(Br)c1. The fraction of sp³-hybridized carbons (Fsp3) is 0.133. The van der Waals surface area contributed by atoms with Crippen LogP contribution in [0.2, 0.25) is 0 Å². The van der Waals surface area contributed by atoms with Gasteiger partial charge >= 0.3 is 0 Å². The predicted octanol–water partition coefficient (Wildman–Crippen LogP) is 3.86. The van der Waals surface area contributed by atoms with E-state index in [2.05, 4.69) is 15.9 Å². The van der Waals surface area contributed by atoms with E-state index in [-0.39, 0.29) is 18.0 Å². The summed E-state index contributed by atoms with van der Waals surface area (Å²) in [6, 6.07) is 10.7. The van der Waals surface area contributed by atoms with Gasteiger partial charge in [-0.2, -0.15) is 0 Å². The molecular formula is C15H12BrFO3. The minimum absolute atomic E-state index is 0.158. The minimum atomic E-state index is -0.443. The van der Waals surface area contributed by atoms with Crippen LogP contribution in [0.25, 0.3) is 0 Å². The number of hydrogen-bond donors (Lipinski definition) is 0. The first-order chi connectivity index (χ1) is 9.60. The van der Waals surface area contributed by atoms with Crippen LogP contribution in [-0.4, -0.2) is 19.5 Å². The molecular weight excluding hydrogens is 327 g/mol. The van der Waals surface area contributed by atoms with E-state index in [0.29, 0.717) is 16.0 Å². The molecule has 0 aliphatic heterocycles. The summed E-state index contributed by atoms with van der Waals surface area (Å²) in [5.74, 6) is 0.477. The van der Waals surface area contributed by atoms with Gasteiger partial charge in [0, 0.05) is 5.56 Å². The standard InChI is InChI=1S/C15H12BrFO3/c1-19-12-5-6-15(13(16)8-12)20-9-14(18)10-3-2-4-11(17)7-10/h2-8H,9H2,1H3. The van der Waals surface area contributed by atoms with E-state index in [4.69, 9.17) is 9.47 Å². The van der Waals surface area contributed by atoms with Gasteiger partial charge in [-0.15, -0.1) is 0 Å². The summed E-state index contributed by atoms with van der Waals surface area (Å²) in [4.78, 5) is 11.9. The Kier molecular flexibility index (Phi) is 4.74. The molecule has 0 saturated carbocycles. The molecule has 0 radical (unpaired) electrons. The van der Waals surface area contributed by atoms with Gasteiger partial charge < -0.3 is 9.47 Å². The molecule has 5 heteroatoms. The number of methoxy groups -OCH3 is 1. The Morgan fingerprint density at radius 1 is 1.25 bits per heavy atom. The average molecular weight is 339 g/mol. The smallest absolute Gasteiger partial charge is 0.200 e. The van der Waals surface area contributed by atoms with Gasteiger partial charge in [-0.1, -0.05) is 12.1 Å². The van der Waals surface area contributed by atoms with Crippen molar-refractivity contribution >= 4 is 21.7 Å². The van der Waals surface area contributed by atoms with E-state index in [0.717, 1.165) is 0 Å². The highest BCUT2D eigenvalue weighted by Gasteiger charge is 2.09. The lowest BCUT2D eigenvalue weighted by atomic mass is 10.1. The van der Waals surface area contributed by atoms with E-state index in [1.54, 1.807) is 31.4 Å². The molecule has 0 atom stereocenters. The van der Waals surface area contributed by atoms with Crippen LogP contribution in [0.3, 0.4) is 0 Å². The van der Waals surface area contributed by atoms with Gasteiger partial charge in [0.2, 0.25) is 0 Å². The van der Waals surface area contributed by atoms with Crippen LogP contribution < -0.4 is 9.47 Å². The van der Waals surface area contributed by atoms with Crippen molar-refractivity contribution < 1.29 is 18.7 Å². The molecule has 0 aliphatic carbocycles. The third-order valence-electron chi connectivity index (χ3n) is 2.64. The van der Waals surface area contributed by atoms with Crippen molar-refractivity contribution in [1.82, 2.24) is 0 Å². The first-order valence-corrected chi connectivity index (χ1v) is 6.64. The maximum Gasteiger partial charge on any atom is 0.200 e. The second-order valence-corrected chi connectivity index (χ2v) is 4.87. The summed E-state index contributed by atoms with van der Waals surface area (Å²) in [6.45, 7) is -0.158. The number of ether oxygens (including phenoxy) is 2. The fourth-order valence-electron chi connectivity index (χ4n) is 1.61. The van der Waals surface area contributed by atoms with Crippen molar-refractivity contribution in [2.45, 2.75) is 0 Å². The number of halogens is 2. The van der Waals surface area contributed by atoms with Crippen molar-refractivity contribution in [3.63, 3.8) is 0 Å². The molecule has 0 fully saturated rings. The second-order valence-electron chi connectivity index (χ2n) is 4.02.